The number of amides is 1. The van der Waals surface area contributed by atoms with Crippen LogP contribution in [0.2, 0.25) is 5.02 Å². The van der Waals surface area contributed by atoms with Gasteiger partial charge in [0, 0.05) is 12.2 Å². The molecule has 0 atom stereocenters. The van der Waals surface area contributed by atoms with E-state index >= 15 is 0 Å². The van der Waals surface area contributed by atoms with Crippen molar-refractivity contribution in [1.29, 1.82) is 0 Å². The number of hydrogen-bond donors (Lipinski definition) is 2. The molecule has 20 heavy (non-hydrogen) atoms. The first-order valence-electron chi connectivity index (χ1n) is 6.09. The lowest BCUT2D eigenvalue weighted by atomic mass is 10.2. The molecule has 0 aliphatic heterocycles. The number of hydrogen-bond acceptors (Lipinski definition) is 4. The first-order chi connectivity index (χ1) is 9.54. The van der Waals surface area contributed by atoms with Crippen LogP contribution in [0, 0.1) is 0 Å². The zero-order chi connectivity index (χ0) is 14.5. The normalized spacial score (nSPS) is 10.8. The summed E-state index contributed by atoms with van der Waals surface area (Å²) in [7, 11) is 1.90. The van der Waals surface area contributed by atoms with Gasteiger partial charge in [-0.05, 0) is 47.6 Å². The molecule has 0 saturated heterocycles. The molecule has 2 rings (SSSR count). The topological polar surface area (TPSA) is 58.4 Å². The molecule has 0 radical (unpaired) electrons. The van der Waals surface area contributed by atoms with Crippen LogP contribution >= 0.6 is 22.9 Å². The highest BCUT2D eigenvalue weighted by Gasteiger charge is 2.10. The molecule has 1 aromatic heterocycles. The number of anilines is 2. The first kappa shape index (κ1) is 14.8. The maximum absolute atomic E-state index is 12.0. The van der Waals surface area contributed by atoms with E-state index in [2.05, 4.69) is 10.7 Å². The van der Waals surface area contributed by atoms with Crippen molar-refractivity contribution in [2.45, 2.75) is 6.54 Å². The quantitative estimate of drug-likeness (QED) is 0.835. The van der Waals surface area contributed by atoms with Gasteiger partial charge in [0.25, 0.3) is 0 Å². The van der Waals surface area contributed by atoms with E-state index in [1.165, 1.54) is 5.56 Å². The van der Waals surface area contributed by atoms with Crippen LogP contribution in [0.25, 0.3) is 0 Å². The Balaban J connectivity index is 1.90. The van der Waals surface area contributed by atoms with E-state index < -0.39 is 0 Å². The van der Waals surface area contributed by atoms with Crippen molar-refractivity contribution >= 4 is 40.2 Å². The fourth-order valence-corrected chi connectivity index (χ4v) is 2.65. The van der Waals surface area contributed by atoms with Crippen LogP contribution in [0.1, 0.15) is 5.56 Å². The molecule has 0 fully saturated rings. The van der Waals surface area contributed by atoms with E-state index in [1.54, 1.807) is 29.5 Å². The number of halogens is 1. The minimum absolute atomic E-state index is 0.116. The number of thiophene rings is 1. The number of nitrogen functional groups attached to an aromatic ring is 1. The molecule has 0 unspecified atom stereocenters. The van der Waals surface area contributed by atoms with Crippen LogP contribution < -0.4 is 11.1 Å². The van der Waals surface area contributed by atoms with Gasteiger partial charge in [0.2, 0.25) is 5.91 Å². The van der Waals surface area contributed by atoms with E-state index in [-0.39, 0.29) is 5.91 Å². The van der Waals surface area contributed by atoms with Crippen molar-refractivity contribution in [3.63, 3.8) is 0 Å². The van der Waals surface area contributed by atoms with Gasteiger partial charge < -0.3 is 11.1 Å². The van der Waals surface area contributed by atoms with Gasteiger partial charge in [-0.2, -0.15) is 11.3 Å². The van der Waals surface area contributed by atoms with E-state index in [4.69, 9.17) is 17.3 Å². The third kappa shape index (κ3) is 4.23. The highest BCUT2D eigenvalue weighted by atomic mass is 35.5. The monoisotopic (exact) mass is 309 g/mol. The second-order valence-corrected chi connectivity index (χ2v) is 5.78. The van der Waals surface area contributed by atoms with Gasteiger partial charge in [0.1, 0.15) is 0 Å². The number of nitrogens with two attached hydrogens (primary N) is 1. The van der Waals surface area contributed by atoms with Gasteiger partial charge in [0.05, 0.1) is 17.3 Å². The predicted molar refractivity (Wildman–Crippen MR) is 85.1 cm³/mol. The van der Waals surface area contributed by atoms with E-state index in [1.807, 2.05) is 23.4 Å². The fraction of sp³-hybridized carbons (Fsp3) is 0.214. The van der Waals surface area contributed by atoms with Crippen LogP contribution in [0.4, 0.5) is 11.4 Å². The molecule has 106 valence electrons. The number of rotatable bonds is 5. The maximum atomic E-state index is 12.0. The summed E-state index contributed by atoms with van der Waals surface area (Å²) in [6.07, 6.45) is 0. The molecule has 0 bridgehead atoms. The van der Waals surface area contributed by atoms with Gasteiger partial charge in [0.15, 0.2) is 0 Å². The highest BCUT2D eigenvalue weighted by Crippen LogP contribution is 2.23. The molecule has 2 aromatic rings. The van der Waals surface area contributed by atoms with Gasteiger partial charge in [-0.3, -0.25) is 9.69 Å². The summed E-state index contributed by atoms with van der Waals surface area (Å²) < 4.78 is 0. The van der Waals surface area contributed by atoms with Gasteiger partial charge in [-0.25, -0.2) is 0 Å². The lowest BCUT2D eigenvalue weighted by Gasteiger charge is -2.16. The number of nitrogens with one attached hydrogen (secondary N) is 1. The SMILES string of the molecule is CN(CC(=O)Nc1cc(N)ccc1Cl)Cc1ccsc1. The minimum atomic E-state index is -0.116. The molecule has 1 aromatic carbocycles. The molecular formula is C14H16ClN3OS. The zero-order valence-corrected chi connectivity index (χ0v) is 12.7. The van der Waals surface area contributed by atoms with Crippen molar-refractivity contribution in [1.82, 2.24) is 4.90 Å². The molecule has 4 nitrogen and oxygen atoms in total. The van der Waals surface area contributed by atoms with E-state index in [9.17, 15) is 4.79 Å². The minimum Gasteiger partial charge on any atom is -0.399 e. The van der Waals surface area contributed by atoms with Crippen LogP contribution in [0.3, 0.4) is 0 Å². The van der Waals surface area contributed by atoms with Crippen molar-refractivity contribution in [3.05, 3.63) is 45.6 Å². The Morgan fingerprint density at radius 2 is 2.25 bits per heavy atom. The highest BCUT2D eigenvalue weighted by molar-refractivity contribution is 7.07. The van der Waals surface area contributed by atoms with Crippen molar-refractivity contribution in [3.8, 4) is 0 Å². The summed E-state index contributed by atoms with van der Waals surface area (Å²) in [5.74, 6) is -0.116. The van der Waals surface area contributed by atoms with Crippen LogP contribution in [-0.2, 0) is 11.3 Å². The molecule has 0 aliphatic carbocycles. The average Bonchev–Trinajstić information content (AvgIpc) is 2.86. The lowest BCUT2D eigenvalue weighted by Crippen LogP contribution is -2.29. The molecule has 3 N–H and O–H groups in total. The Labute approximate surface area is 127 Å². The maximum Gasteiger partial charge on any atom is 0.238 e. The van der Waals surface area contributed by atoms with Crippen LogP contribution in [-0.4, -0.2) is 24.4 Å². The average molecular weight is 310 g/mol. The summed E-state index contributed by atoms with van der Waals surface area (Å²) in [4.78, 5) is 13.9. The van der Waals surface area contributed by atoms with Crippen molar-refractivity contribution in [2.75, 3.05) is 24.6 Å². The Kier molecular flexibility index (Phi) is 5.00. The molecule has 0 saturated carbocycles. The van der Waals surface area contributed by atoms with Gasteiger partial charge in [-0.1, -0.05) is 11.6 Å². The Hall–Kier alpha value is -1.56. The number of likely N-dealkylation sites (N-methyl/N-ethyl adjacent to an activating group) is 1. The first-order valence-corrected chi connectivity index (χ1v) is 7.41. The molecular weight excluding hydrogens is 294 g/mol. The molecule has 0 aliphatic rings. The predicted octanol–water partition coefficient (Wildman–Crippen LogP) is 3.05. The molecule has 1 amide bonds. The molecule has 0 spiro atoms. The van der Waals surface area contributed by atoms with Crippen molar-refractivity contribution in [2.24, 2.45) is 0 Å². The summed E-state index contributed by atoms with van der Waals surface area (Å²) in [5.41, 5.74) is 7.99. The zero-order valence-electron chi connectivity index (χ0n) is 11.1. The summed E-state index contributed by atoms with van der Waals surface area (Å²) in [6, 6.07) is 7.06. The number of nitrogens with zero attached hydrogens (tertiary/aromatic N) is 1. The summed E-state index contributed by atoms with van der Waals surface area (Å²) in [6.45, 7) is 1.03. The fourth-order valence-electron chi connectivity index (χ4n) is 1.82. The van der Waals surface area contributed by atoms with E-state index in [0.29, 0.717) is 22.9 Å². The smallest absolute Gasteiger partial charge is 0.238 e. The Bertz CT molecular complexity index is 586. The van der Waals surface area contributed by atoms with Crippen LogP contribution in [0.15, 0.2) is 35.0 Å². The number of carbonyl (C=O) groups excluding carboxylic acids is 1. The van der Waals surface area contributed by atoms with Gasteiger partial charge in [-0.15, -0.1) is 0 Å². The second kappa shape index (κ2) is 6.74. The Morgan fingerprint density at radius 3 is 2.95 bits per heavy atom. The summed E-state index contributed by atoms with van der Waals surface area (Å²) in [5, 5.41) is 7.35. The molecule has 6 heteroatoms. The van der Waals surface area contributed by atoms with Crippen molar-refractivity contribution < 1.29 is 4.79 Å². The number of benzene rings is 1. The largest absolute Gasteiger partial charge is 0.399 e. The summed E-state index contributed by atoms with van der Waals surface area (Å²) >= 11 is 7.66. The van der Waals surface area contributed by atoms with E-state index in [0.717, 1.165) is 6.54 Å². The standard InChI is InChI=1S/C14H16ClN3OS/c1-18(7-10-4-5-20-9-10)8-14(19)17-13-6-11(16)2-3-12(13)15/h2-6,9H,7-8,16H2,1H3,(H,17,19). The lowest BCUT2D eigenvalue weighted by molar-refractivity contribution is -0.117. The Morgan fingerprint density at radius 1 is 1.45 bits per heavy atom. The third-order valence-electron chi connectivity index (χ3n) is 2.71. The number of carbonyl (C=O) groups is 1. The third-order valence-corrected chi connectivity index (χ3v) is 3.77. The molecule has 1 heterocycles. The van der Waals surface area contributed by atoms with Gasteiger partial charge >= 0.3 is 0 Å². The second-order valence-electron chi connectivity index (χ2n) is 4.59. The van der Waals surface area contributed by atoms with Crippen LogP contribution in [0.5, 0.6) is 0 Å².